The number of pyridine rings is 1. The molecular weight excluding hydrogens is 234 g/mol. The Morgan fingerprint density at radius 3 is 3.00 bits per heavy atom. The Morgan fingerprint density at radius 2 is 2.23 bits per heavy atom. The van der Waals surface area contributed by atoms with Gasteiger partial charge in [-0.15, -0.1) is 0 Å². The highest BCUT2D eigenvalue weighted by molar-refractivity contribution is 9.10. The molecule has 0 atom stereocenters. The first-order chi connectivity index (χ1) is 6.31. The maximum absolute atomic E-state index is 4.91. The third-order valence-electron chi connectivity index (χ3n) is 1.59. The van der Waals surface area contributed by atoms with Crippen LogP contribution in [0.5, 0.6) is 6.01 Å². The summed E-state index contributed by atoms with van der Waals surface area (Å²) in [6.07, 6.45) is 3.33. The fraction of sp³-hybridized carbons (Fsp3) is 0.125. The summed E-state index contributed by atoms with van der Waals surface area (Å²) in [6, 6.07) is 2.18. The molecule has 66 valence electrons. The lowest BCUT2D eigenvalue weighted by Crippen LogP contribution is -1.93. The minimum atomic E-state index is 0.348. The predicted molar refractivity (Wildman–Crippen MR) is 51.6 cm³/mol. The Bertz CT molecular complexity index is 446. The van der Waals surface area contributed by atoms with Crippen LogP contribution in [0.3, 0.4) is 0 Å². The van der Waals surface area contributed by atoms with Gasteiger partial charge in [-0.3, -0.25) is 4.98 Å². The number of rotatable bonds is 1. The van der Waals surface area contributed by atoms with Crippen molar-refractivity contribution in [3.63, 3.8) is 0 Å². The quantitative estimate of drug-likeness (QED) is 0.762. The lowest BCUT2D eigenvalue weighted by molar-refractivity contribution is 0.381. The van der Waals surface area contributed by atoms with Crippen LogP contribution in [-0.2, 0) is 0 Å². The second-order valence-electron chi connectivity index (χ2n) is 2.38. The maximum Gasteiger partial charge on any atom is 0.316 e. The Kier molecular flexibility index (Phi) is 2.10. The average Bonchev–Trinajstić information content (AvgIpc) is 2.18. The minimum Gasteiger partial charge on any atom is -0.467 e. The third kappa shape index (κ3) is 1.47. The van der Waals surface area contributed by atoms with Crippen molar-refractivity contribution in [3.8, 4) is 6.01 Å². The molecular formula is C8H6BrN3O. The van der Waals surface area contributed by atoms with Gasteiger partial charge in [0.2, 0.25) is 0 Å². The van der Waals surface area contributed by atoms with Crippen molar-refractivity contribution in [1.82, 2.24) is 15.0 Å². The average molecular weight is 240 g/mol. The van der Waals surface area contributed by atoms with Crippen LogP contribution >= 0.6 is 15.9 Å². The second kappa shape index (κ2) is 3.26. The van der Waals surface area contributed by atoms with E-state index >= 15 is 0 Å². The minimum absolute atomic E-state index is 0.348. The van der Waals surface area contributed by atoms with Crippen LogP contribution in [0.4, 0.5) is 0 Å². The van der Waals surface area contributed by atoms with Gasteiger partial charge in [0.1, 0.15) is 11.0 Å². The van der Waals surface area contributed by atoms with E-state index in [1.54, 1.807) is 12.4 Å². The maximum atomic E-state index is 4.91. The summed E-state index contributed by atoms with van der Waals surface area (Å²) >= 11 is 3.37. The zero-order chi connectivity index (χ0) is 9.26. The van der Waals surface area contributed by atoms with E-state index in [9.17, 15) is 0 Å². The second-order valence-corrected chi connectivity index (χ2v) is 3.24. The van der Waals surface area contributed by atoms with Gasteiger partial charge in [0.25, 0.3) is 0 Å². The van der Waals surface area contributed by atoms with Gasteiger partial charge < -0.3 is 4.74 Å². The van der Waals surface area contributed by atoms with E-state index in [0.717, 1.165) is 15.5 Å². The van der Waals surface area contributed by atoms with Crippen LogP contribution in [0.25, 0.3) is 11.0 Å². The molecule has 0 fully saturated rings. The number of ether oxygens (including phenoxy) is 1. The first-order valence-electron chi connectivity index (χ1n) is 3.62. The number of methoxy groups -OCH3 is 1. The van der Waals surface area contributed by atoms with Crippen LogP contribution in [0.15, 0.2) is 22.9 Å². The SMILES string of the molecule is COc1ncc2nccc(Br)c2n1. The van der Waals surface area contributed by atoms with Gasteiger partial charge in [0.05, 0.1) is 13.3 Å². The Labute approximate surface area is 83.1 Å². The van der Waals surface area contributed by atoms with E-state index in [4.69, 9.17) is 4.74 Å². The van der Waals surface area contributed by atoms with Crippen molar-refractivity contribution in [2.75, 3.05) is 7.11 Å². The Balaban J connectivity index is 2.74. The lowest BCUT2D eigenvalue weighted by atomic mass is 10.4. The molecule has 2 aromatic rings. The fourth-order valence-corrected chi connectivity index (χ4v) is 1.40. The van der Waals surface area contributed by atoms with Crippen molar-refractivity contribution < 1.29 is 4.74 Å². The first kappa shape index (κ1) is 8.37. The molecule has 0 aliphatic heterocycles. The summed E-state index contributed by atoms with van der Waals surface area (Å²) in [5.41, 5.74) is 1.50. The van der Waals surface area contributed by atoms with Crippen molar-refractivity contribution in [1.29, 1.82) is 0 Å². The van der Waals surface area contributed by atoms with Gasteiger partial charge in [0.15, 0.2) is 0 Å². The molecule has 0 saturated carbocycles. The van der Waals surface area contributed by atoms with Crippen molar-refractivity contribution in [3.05, 3.63) is 22.9 Å². The summed E-state index contributed by atoms with van der Waals surface area (Å²) in [7, 11) is 1.53. The number of hydrogen-bond acceptors (Lipinski definition) is 4. The molecule has 2 aromatic heterocycles. The summed E-state index contributed by atoms with van der Waals surface area (Å²) in [6.45, 7) is 0. The molecule has 4 nitrogen and oxygen atoms in total. The highest BCUT2D eigenvalue weighted by Gasteiger charge is 2.03. The van der Waals surface area contributed by atoms with Gasteiger partial charge in [-0.05, 0) is 22.0 Å². The molecule has 5 heteroatoms. The van der Waals surface area contributed by atoms with Gasteiger partial charge in [-0.2, -0.15) is 4.98 Å². The van der Waals surface area contributed by atoms with Gasteiger partial charge in [-0.25, -0.2) is 4.98 Å². The number of aromatic nitrogens is 3. The molecule has 0 saturated heterocycles. The van der Waals surface area contributed by atoms with E-state index in [2.05, 4.69) is 30.9 Å². The van der Waals surface area contributed by atoms with Crippen molar-refractivity contribution >= 4 is 27.0 Å². The standard InChI is InChI=1S/C8H6BrN3O/c1-13-8-11-4-6-7(12-8)5(9)2-3-10-6/h2-4H,1H3. The van der Waals surface area contributed by atoms with Gasteiger partial charge in [0, 0.05) is 10.7 Å². The largest absolute Gasteiger partial charge is 0.467 e. The zero-order valence-electron chi connectivity index (χ0n) is 6.86. The van der Waals surface area contributed by atoms with Crippen LogP contribution in [0.2, 0.25) is 0 Å². The topological polar surface area (TPSA) is 47.9 Å². The van der Waals surface area contributed by atoms with E-state index < -0.39 is 0 Å². The number of halogens is 1. The first-order valence-corrected chi connectivity index (χ1v) is 4.42. The van der Waals surface area contributed by atoms with Crippen molar-refractivity contribution in [2.24, 2.45) is 0 Å². The monoisotopic (exact) mass is 239 g/mol. The van der Waals surface area contributed by atoms with Crippen molar-refractivity contribution in [2.45, 2.75) is 0 Å². The molecule has 0 aromatic carbocycles. The van der Waals surface area contributed by atoms with Crippen LogP contribution in [0, 0.1) is 0 Å². The highest BCUT2D eigenvalue weighted by Crippen LogP contribution is 2.20. The predicted octanol–water partition coefficient (Wildman–Crippen LogP) is 1.80. The van der Waals surface area contributed by atoms with Crippen LogP contribution < -0.4 is 4.74 Å². The summed E-state index contributed by atoms with van der Waals surface area (Å²) in [4.78, 5) is 12.2. The molecule has 0 aliphatic carbocycles. The normalized spacial score (nSPS) is 10.3. The third-order valence-corrected chi connectivity index (χ3v) is 2.23. The highest BCUT2D eigenvalue weighted by atomic mass is 79.9. The lowest BCUT2D eigenvalue weighted by Gasteiger charge is -2.00. The Hall–Kier alpha value is -1.23. The molecule has 0 spiro atoms. The molecule has 0 N–H and O–H groups in total. The molecule has 2 rings (SSSR count). The van der Waals surface area contributed by atoms with Crippen LogP contribution in [-0.4, -0.2) is 22.1 Å². The van der Waals surface area contributed by atoms with E-state index in [-0.39, 0.29) is 0 Å². The molecule has 0 radical (unpaired) electrons. The number of fused-ring (bicyclic) bond motifs is 1. The number of nitrogens with zero attached hydrogens (tertiary/aromatic N) is 3. The van der Waals surface area contributed by atoms with Gasteiger partial charge >= 0.3 is 6.01 Å². The number of hydrogen-bond donors (Lipinski definition) is 0. The summed E-state index contributed by atoms with van der Waals surface area (Å²) < 4.78 is 5.79. The van der Waals surface area contributed by atoms with Crippen LogP contribution in [0.1, 0.15) is 0 Å². The summed E-state index contributed by atoms with van der Waals surface area (Å²) in [5, 5.41) is 0. The molecule has 0 unspecified atom stereocenters. The smallest absolute Gasteiger partial charge is 0.316 e. The van der Waals surface area contributed by atoms with E-state index in [0.29, 0.717) is 6.01 Å². The van der Waals surface area contributed by atoms with E-state index in [1.165, 1.54) is 7.11 Å². The molecule has 0 bridgehead atoms. The molecule has 0 aliphatic rings. The van der Waals surface area contributed by atoms with E-state index in [1.807, 2.05) is 6.07 Å². The fourth-order valence-electron chi connectivity index (χ4n) is 0.990. The molecule has 13 heavy (non-hydrogen) atoms. The Morgan fingerprint density at radius 1 is 1.38 bits per heavy atom. The summed E-state index contributed by atoms with van der Waals surface area (Å²) in [5.74, 6) is 0. The van der Waals surface area contributed by atoms with Gasteiger partial charge in [-0.1, -0.05) is 0 Å². The molecule has 2 heterocycles. The zero-order valence-corrected chi connectivity index (χ0v) is 8.45. The molecule has 0 amide bonds.